The molecule has 0 saturated heterocycles. The van der Waals surface area contributed by atoms with Crippen LogP contribution in [0.5, 0.6) is 0 Å². The van der Waals surface area contributed by atoms with E-state index in [1.807, 2.05) is 0 Å². The van der Waals surface area contributed by atoms with Crippen molar-refractivity contribution in [3.8, 4) is 0 Å². The third-order valence-electron chi connectivity index (χ3n) is 1.24. The molecule has 0 fully saturated rings. The zero-order chi connectivity index (χ0) is 5.82. The van der Waals surface area contributed by atoms with Gasteiger partial charge in [0.15, 0.2) is 0 Å². The average Bonchev–Trinajstić information content (AvgIpc) is 1.94. The molecule has 0 radical (unpaired) electrons. The van der Waals surface area contributed by atoms with Crippen LogP contribution in [-0.2, 0) is 0 Å². The van der Waals surface area contributed by atoms with Gasteiger partial charge in [-0.2, -0.15) is 0 Å². The zero-order valence-electron chi connectivity index (χ0n) is 5.22. The topological polar surface area (TPSA) is 15.3 Å². The molecule has 8 heavy (non-hydrogen) atoms. The Kier molecular flexibility index (Phi) is 2.76. The van der Waals surface area contributed by atoms with Gasteiger partial charge >= 0.3 is 64.7 Å². The van der Waals surface area contributed by atoms with Crippen molar-refractivity contribution >= 4 is 24.7 Å². The molecular weight excluding hydrogens is 203 g/mol. The van der Waals surface area contributed by atoms with Crippen LogP contribution < -0.4 is 5.43 Å². The Morgan fingerprint density at radius 1 is 1.62 bits per heavy atom. The first-order valence-corrected chi connectivity index (χ1v) is 5.58. The van der Waals surface area contributed by atoms with Crippen LogP contribution in [0.15, 0.2) is 12.3 Å². The molecule has 1 rings (SSSR count). The Morgan fingerprint density at radius 3 is 3.38 bits per heavy atom. The van der Waals surface area contributed by atoms with Crippen molar-refractivity contribution in [1.29, 1.82) is 0 Å². The van der Waals surface area contributed by atoms with E-state index in [9.17, 15) is 0 Å². The summed E-state index contributed by atoms with van der Waals surface area (Å²) in [5.41, 5.74) is 3.28. The fraction of sp³-hybridized carbons (Fsp3) is 0.600. The maximum atomic E-state index is 3.28. The minimum absolute atomic E-state index is 0.607. The standard InChI is InChI=1S/C5H9N2.In.2H/c1-2-4-6-7-5-3-1;;;/h2,4,7H,1,3,5H2;;;/q-1;+1;;. The second-order valence-electron chi connectivity index (χ2n) is 2.05. The normalized spacial score (nSPS) is 20.8. The molecule has 0 aromatic heterocycles. The number of allylic oxidation sites excluding steroid dienone is 1. The van der Waals surface area contributed by atoms with Crippen molar-refractivity contribution in [1.82, 2.24) is 8.42 Å². The first kappa shape index (κ1) is 6.49. The summed E-state index contributed by atoms with van der Waals surface area (Å²) in [7, 11) is 0. The number of hydrazine groups is 1. The zero-order valence-corrected chi connectivity index (χ0v) is 10.9. The fourth-order valence-corrected chi connectivity index (χ4v) is 2.00. The van der Waals surface area contributed by atoms with Gasteiger partial charge in [0.05, 0.1) is 0 Å². The van der Waals surface area contributed by atoms with E-state index in [0.29, 0.717) is 24.7 Å². The van der Waals surface area contributed by atoms with E-state index >= 15 is 0 Å². The van der Waals surface area contributed by atoms with E-state index in [0.717, 1.165) is 6.54 Å². The Hall–Kier alpha value is 0.370. The second kappa shape index (κ2) is 3.41. The molecule has 0 aromatic rings. The molecular formula is C5H11InN2. The molecule has 0 spiro atoms. The Balaban J connectivity index is 2.33. The molecule has 1 aliphatic heterocycles. The second-order valence-corrected chi connectivity index (χ2v) is 4.80. The number of rotatable bonds is 0. The molecule has 0 amide bonds. The van der Waals surface area contributed by atoms with Gasteiger partial charge in [0.2, 0.25) is 0 Å². The molecule has 0 unspecified atom stereocenters. The Morgan fingerprint density at radius 2 is 2.50 bits per heavy atom. The van der Waals surface area contributed by atoms with Crippen LogP contribution in [0.1, 0.15) is 12.8 Å². The van der Waals surface area contributed by atoms with E-state index < -0.39 is 0 Å². The molecule has 2 nitrogen and oxygen atoms in total. The first-order chi connectivity index (χ1) is 3.89. The van der Waals surface area contributed by atoms with Gasteiger partial charge in [-0.25, -0.2) is 0 Å². The summed E-state index contributed by atoms with van der Waals surface area (Å²) in [6.45, 7) is 1.15. The summed E-state index contributed by atoms with van der Waals surface area (Å²) >= 11 is 0.607. The van der Waals surface area contributed by atoms with Crippen LogP contribution in [0, 0.1) is 0 Å². The van der Waals surface area contributed by atoms with E-state index in [4.69, 9.17) is 0 Å². The average molecular weight is 214 g/mol. The van der Waals surface area contributed by atoms with Gasteiger partial charge in [-0.15, -0.1) is 0 Å². The number of hydrogen-bond acceptors (Lipinski definition) is 2. The third kappa shape index (κ3) is 2.09. The number of nitrogens with one attached hydrogen (secondary N) is 1. The number of hydrogen-bond donors (Lipinski definition) is 1. The quantitative estimate of drug-likeness (QED) is 0.592. The summed E-state index contributed by atoms with van der Waals surface area (Å²) in [5, 5.41) is 0. The van der Waals surface area contributed by atoms with Crippen LogP contribution >= 0.6 is 0 Å². The molecule has 0 bridgehead atoms. The monoisotopic (exact) mass is 214 g/mol. The van der Waals surface area contributed by atoms with Crippen LogP contribution in [0.3, 0.4) is 0 Å². The van der Waals surface area contributed by atoms with Gasteiger partial charge in [0.1, 0.15) is 0 Å². The molecule has 44 valence electrons. The summed E-state index contributed by atoms with van der Waals surface area (Å²) in [6.07, 6.45) is 6.91. The van der Waals surface area contributed by atoms with Crippen LogP contribution in [0.4, 0.5) is 0 Å². The summed E-state index contributed by atoms with van der Waals surface area (Å²) in [4.78, 5) is 0. The molecule has 3 heteroatoms. The maximum absolute atomic E-state index is 3.28. The SMILES string of the molecule is [InH2][N]1C=CCCCN1. The van der Waals surface area contributed by atoms with Crippen molar-refractivity contribution < 1.29 is 0 Å². The predicted molar refractivity (Wildman–Crippen MR) is 36.8 cm³/mol. The number of nitrogens with zero attached hydrogens (tertiary/aromatic N) is 1. The van der Waals surface area contributed by atoms with E-state index in [2.05, 4.69) is 20.7 Å². The molecule has 0 aromatic carbocycles. The Bertz CT molecular complexity index is 92.4. The van der Waals surface area contributed by atoms with E-state index in [1.165, 1.54) is 12.8 Å². The minimum atomic E-state index is 0.607. The van der Waals surface area contributed by atoms with Crippen LogP contribution in [0.2, 0.25) is 0 Å². The summed E-state index contributed by atoms with van der Waals surface area (Å²) in [5.74, 6) is 0. The van der Waals surface area contributed by atoms with Crippen molar-refractivity contribution in [3.63, 3.8) is 0 Å². The van der Waals surface area contributed by atoms with Crippen molar-refractivity contribution in [2.45, 2.75) is 12.8 Å². The third-order valence-corrected chi connectivity index (χ3v) is 2.99. The van der Waals surface area contributed by atoms with Crippen LogP contribution in [-0.4, -0.2) is 34.2 Å². The van der Waals surface area contributed by atoms with Crippen LogP contribution in [0.25, 0.3) is 0 Å². The van der Waals surface area contributed by atoms with Gasteiger partial charge in [0, 0.05) is 0 Å². The van der Waals surface area contributed by atoms with E-state index in [1.54, 1.807) is 0 Å². The molecule has 0 atom stereocenters. The first-order valence-electron chi connectivity index (χ1n) is 3.02. The molecule has 1 heterocycles. The van der Waals surface area contributed by atoms with E-state index in [-0.39, 0.29) is 0 Å². The van der Waals surface area contributed by atoms with Gasteiger partial charge in [0.25, 0.3) is 0 Å². The molecule has 1 aliphatic rings. The van der Waals surface area contributed by atoms with Gasteiger partial charge in [-0.3, -0.25) is 0 Å². The Labute approximate surface area is 64.9 Å². The van der Waals surface area contributed by atoms with Gasteiger partial charge in [-0.05, 0) is 0 Å². The van der Waals surface area contributed by atoms with Gasteiger partial charge in [-0.1, -0.05) is 0 Å². The molecule has 0 saturated carbocycles. The fourth-order valence-electron chi connectivity index (χ4n) is 0.761. The molecule has 0 aliphatic carbocycles. The van der Waals surface area contributed by atoms with Crippen molar-refractivity contribution in [2.24, 2.45) is 0 Å². The van der Waals surface area contributed by atoms with Gasteiger partial charge < -0.3 is 0 Å². The summed E-state index contributed by atoms with van der Waals surface area (Å²) in [6, 6.07) is 0. The predicted octanol–water partition coefficient (Wildman–Crippen LogP) is -0.351. The van der Waals surface area contributed by atoms with Crippen molar-refractivity contribution in [2.75, 3.05) is 6.54 Å². The molecule has 1 N–H and O–H groups in total. The summed E-state index contributed by atoms with van der Waals surface area (Å²) < 4.78 is 2.20. The van der Waals surface area contributed by atoms with Crippen molar-refractivity contribution in [3.05, 3.63) is 12.3 Å².